The number of fused-ring (bicyclic) bond motifs is 1. The van der Waals surface area contributed by atoms with E-state index in [-0.39, 0.29) is 12.0 Å². The van der Waals surface area contributed by atoms with E-state index < -0.39 is 0 Å². The summed E-state index contributed by atoms with van der Waals surface area (Å²) in [7, 11) is 0. The molecule has 1 aliphatic rings. The SMILES string of the molecule is CCOc1ccc(Nc2c(C(C)C)c(N[C@H]3CC[C@H](N)CC3)c(C#N)c3ccnn23)cc1. The van der Waals surface area contributed by atoms with Crippen LogP contribution in [-0.2, 0) is 0 Å². The van der Waals surface area contributed by atoms with Gasteiger partial charge in [0.1, 0.15) is 23.2 Å². The van der Waals surface area contributed by atoms with Crippen LogP contribution in [0, 0.1) is 11.3 Å². The quantitative estimate of drug-likeness (QED) is 0.477. The Labute approximate surface area is 189 Å². The second-order valence-electron chi connectivity index (χ2n) is 8.75. The zero-order valence-electron chi connectivity index (χ0n) is 19.1. The van der Waals surface area contributed by atoms with Crippen molar-refractivity contribution in [1.82, 2.24) is 9.61 Å². The van der Waals surface area contributed by atoms with Crippen molar-refractivity contribution in [2.45, 2.75) is 64.5 Å². The molecule has 0 spiro atoms. The molecule has 0 aliphatic heterocycles. The maximum Gasteiger partial charge on any atom is 0.138 e. The Kier molecular flexibility index (Phi) is 6.52. The molecule has 1 fully saturated rings. The van der Waals surface area contributed by atoms with Crippen molar-refractivity contribution in [2.24, 2.45) is 5.73 Å². The van der Waals surface area contributed by atoms with Gasteiger partial charge in [-0.3, -0.25) is 0 Å². The Hall–Kier alpha value is -3.24. The molecule has 168 valence electrons. The molecule has 0 amide bonds. The summed E-state index contributed by atoms with van der Waals surface area (Å²) in [6, 6.07) is 12.8. The van der Waals surface area contributed by atoms with Crippen LogP contribution in [-0.4, -0.2) is 28.3 Å². The van der Waals surface area contributed by atoms with E-state index in [2.05, 4.69) is 35.6 Å². The molecule has 0 radical (unpaired) electrons. The van der Waals surface area contributed by atoms with Crippen molar-refractivity contribution in [3.63, 3.8) is 0 Å². The van der Waals surface area contributed by atoms with Crippen LogP contribution < -0.4 is 21.1 Å². The van der Waals surface area contributed by atoms with Crippen LogP contribution >= 0.6 is 0 Å². The molecule has 7 nitrogen and oxygen atoms in total. The molecule has 1 aromatic carbocycles. The lowest BCUT2D eigenvalue weighted by molar-refractivity contribution is 0.340. The Morgan fingerprint density at radius 1 is 1.19 bits per heavy atom. The molecule has 1 saturated carbocycles. The van der Waals surface area contributed by atoms with E-state index in [1.54, 1.807) is 6.20 Å². The molecule has 4 rings (SSSR count). The largest absolute Gasteiger partial charge is 0.494 e. The number of ether oxygens (including phenoxy) is 1. The van der Waals surface area contributed by atoms with Gasteiger partial charge in [-0.15, -0.1) is 0 Å². The number of nitrogens with zero attached hydrogens (tertiary/aromatic N) is 3. The fourth-order valence-corrected chi connectivity index (χ4v) is 4.52. The molecule has 2 heterocycles. The third-order valence-electron chi connectivity index (χ3n) is 6.12. The highest BCUT2D eigenvalue weighted by Crippen LogP contribution is 2.39. The minimum Gasteiger partial charge on any atom is -0.494 e. The highest BCUT2D eigenvalue weighted by atomic mass is 16.5. The molecule has 0 bridgehead atoms. The van der Waals surface area contributed by atoms with Crippen molar-refractivity contribution in [2.75, 3.05) is 17.2 Å². The number of anilines is 3. The van der Waals surface area contributed by atoms with Gasteiger partial charge in [-0.05, 0) is 68.9 Å². The van der Waals surface area contributed by atoms with E-state index in [1.807, 2.05) is 41.8 Å². The molecular formula is C25H32N6O. The maximum atomic E-state index is 10.1. The summed E-state index contributed by atoms with van der Waals surface area (Å²) >= 11 is 0. The molecule has 7 heteroatoms. The molecule has 0 saturated heterocycles. The zero-order chi connectivity index (χ0) is 22.7. The smallest absolute Gasteiger partial charge is 0.138 e. The van der Waals surface area contributed by atoms with Gasteiger partial charge in [0.05, 0.1) is 24.0 Å². The first-order valence-corrected chi connectivity index (χ1v) is 11.5. The van der Waals surface area contributed by atoms with Gasteiger partial charge in [-0.2, -0.15) is 10.4 Å². The Morgan fingerprint density at radius 3 is 2.53 bits per heavy atom. The lowest BCUT2D eigenvalue weighted by Crippen LogP contribution is -2.33. The number of hydrogen-bond donors (Lipinski definition) is 3. The van der Waals surface area contributed by atoms with Gasteiger partial charge in [0.15, 0.2) is 0 Å². The molecule has 0 unspecified atom stereocenters. The molecule has 0 atom stereocenters. The minimum atomic E-state index is 0.175. The number of benzene rings is 1. The number of hydrogen-bond acceptors (Lipinski definition) is 6. The van der Waals surface area contributed by atoms with Crippen molar-refractivity contribution in [3.8, 4) is 11.8 Å². The summed E-state index contributed by atoms with van der Waals surface area (Å²) in [6.07, 6.45) is 5.77. The normalized spacial score (nSPS) is 18.5. The van der Waals surface area contributed by atoms with Crippen molar-refractivity contribution < 1.29 is 4.74 Å². The fourth-order valence-electron chi connectivity index (χ4n) is 4.52. The summed E-state index contributed by atoms with van der Waals surface area (Å²) in [5.74, 6) is 1.89. The zero-order valence-corrected chi connectivity index (χ0v) is 19.1. The summed E-state index contributed by atoms with van der Waals surface area (Å²) in [4.78, 5) is 0. The van der Waals surface area contributed by atoms with Crippen LogP contribution in [0.1, 0.15) is 63.5 Å². The van der Waals surface area contributed by atoms with Gasteiger partial charge >= 0.3 is 0 Å². The van der Waals surface area contributed by atoms with Gasteiger partial charge in [0.2, 0.25) is 0 Å². The van der Waals surface area contributed by atoms with Crippen molar-refractivity contribution in [3.05, 3.63) is 47.7 Å². The average molecular weight is 433 g/mol. The summed E-state index contributed by atoms with van der Waals surface area (Å²) in [5.41, 5.74) is 10.4. The second kappa shape index (κ2) is 9.49. The third kappa shape index (κ3) is 4.37. The first-order chi connectivity index (χ1) is 15.5. The summed E-state index contributed by atoms with van der Waals surface area (Å²) in [6.45, 7) is 6.91. The van der Waals surface area contributed by atoms with Crippen molar-refractivity contribution in [1.29, 1.82) is 5.26 Å². The lowest BCUT2D eigenvalue weighted by Gasteiger charge is -2.30. The van der Waals surface area contributed by atoms with E-state index in [9.17, 15) is 5.26 Å². The number of aromatic nitrogens is 2. The number of nitriles is 1. The highest BCUT2D eigenvalue weighted by Gasteiger charge is 2.26. The van der Waals surface area contributed by atoms with Gasteiger partial charge < -0.3 is 21.1 Å². The van der Waals surface area contributed by atoms with Crippen LogP contribution in [0.4, 0.5) is 17.2 Å². The Balaban J connectivity index is 1.79. The van der Waals surface area contributed by atoms with E-state index in [0.29, 0.717) is 18.2 Å². The highest BCUT2D eigenvalue weighted by molar-refractivity contribution is 5.83. The average Bonchev–Trinajstić information content (AvgIpc) is 3.26. The minimum absolute atomic E-state index is 0.175. The number of rotatable bonds is 7. The standard InChI is InChI=1S/C25H32N6O/c1-4-32-20-11-9-19(10-12-20)30-25-23(16(2)3)24(29-18-7-5-17(27)6-8-18)21(15-26)22-13-14-28-31(22)25/h9-14,16-18,29-30H,4-8,27H2,1-3H3/t17-,18-. The van der Waals surface area contributed by atoms with Gasteiger partial charge in [0.25, 0.3) is 0 Å². The van der Waals surface area contributed by atoms with Gasteiger partial charge in [0, 0.05) is 23.3 Å². The van der Waals surface area contributed by atoms with Crippen LogP contribution in [0.2, 0.25) is 0 Å². The van der Waals surface area contributed by atoms with Crippen LogP contribution in [0.3, 0.4) is 0 Å². The molecule has 2 aromatic heterocycles. The van der Waals surface area contributed by atoms with E-state index >= 15 is 0 Å². The summed E-state index contributed by atoms with van der Waals surface area (Å²) < 4.78 is 7.41. The second-order valence-corrected chi connectivity index (χ2v) is 8.75. The molecule has 1 aliphatic carbocycles. The van der Waals surface area contributed by atoms with E-state index in [0.717, 1.165) is 59.7 Å². The molecule has 32 heavy (non-hydrogen) atoms. The van der Waals surface area contributed by atoms with Crippen LogP contribution in [0.15, 0.2) is 36.5 Å². The summed E-state index contributed by atoms with van der Waals surface area (Å²) in [5, 5.41) is 21.9. The number of pyridine rings is 1. The Morgan fingerprint density at radius 2 is 1.91 bits per heavy atom. The molecule has 4 N–H and O–H groups in total. The maximum absolute atomic E-state index is 10.1. The predicted molar refractivity (Wildman–Crippen MR) is 129 cm³/mol. The first-order valence-electron chi connectivity index (χ1n) is 11.5. The van der Waals surface area contributed by atoms with E-state index in [4.69, 9.17) is 10.5 Å². The molecule has 3 aromatic rings. The van der Waals surface area contributed by atoms with Crippen molar-refractivity contribution >= 4 is 22.7 Å². The predicted octanol–water partition coefficient (Wildman–Crippen LogP) is 5.15. The first kappa shape index (κ1) is 22.0. The van der Waals surface area contributed by atoms with Crippen LogP contribution in [0.5, 0.6) is 5.75 Å². The molecular weight excluding hydrogens is 400 g/mol. The number of nitrogens with two attached hydrogens (primary N) is 1. The number of nitrogens with one attached hydrogen (secondary N) is 2. The topological polar surface area (TPSA) is 100 Å². The Bertz CT molecular complexity index is 1100. The third-order valence-corrected chi connectivity index (χ3v) is 6.12. The van der Waals surface area contributed by atoms with Gasteiger partial charge in [-0.25, -0.2) is 4.52 Å². The monoisotopic (exact) mass is 432 g/mol. The fraction of sp³-hybridized carbons (Fsp3) is 0.440. The van der Waals surface area contributed by atoms with E-state index in [1.165, 1.54) is 0 Å². The van der Waals surface area contributed by atoms with Crippen LogP contribution in [0.25, 0.3) is 5.52 Å². The lowest BCUT2D eigenvalue weighted by atomic mass is 9.90. The van der Waals surface area contributed by atoms with Gasteiger partial charge in [-0.1, -0.05) is 13.8 Å².